The smallest absolute Gasteiger partial charge is 0.223 e. The Morgan fingerprint density at radius 1 is 1.50 bits per heavy atom. The van der Waals surface area contributed by atoms with E-state index in [-0.39, 0.29) is 0 Å². The zero-order valence-electron chi connectivity index (χ0n) is 7.75. The van der Waals surface area contributed by atoms with Crippen LogP contribution in [0.15, 0.2) is 0 Å². The molecular formula is C10H17NO. The van der Waals surface area contributed by atoms with Crippen molar-refractivity contribution in [3.05, 3.63) is 0 Å². The molecule has 0 aromatic heterocycles. The quantitative estimate of drug-likeness (QED) is 0.627. The molecule has 0 aromatic carbocycles. The van der Waals surface area contributed by atoms with Gasteiger partial charge in [0.05, 0.1) is 0 Å². The second-order valence-electron chi connectivity index (χ2n) is 4.14. The van der Waals surface area contributed by atoms with Gasteiger partial charge in [-0.05, 0) is 25.2 Å². The minimum atomic E-state index is 0.413. The molecule has 1 unspecified atom stereocenters. The number of amides is 1. The van der Waals surface area contributed by atoms with E-state index in [1.165, 1.54) is 25.7 Å². The van der Waals surface area contributed by atoms with E-state index in [0.717, 1.165) is 13.0 Å². The van der Waals surface area contributed by atoms with Crippen LogP contribution in [0.5, 0.6) is 0 Å². The van der Waals surface area contributed by atoms with Gasteiger partial charge in [-0.2, -0.15) is 0 Å². The maximum Gasteiger partial charge on any atom is 0.223 e. The normalized spacial score (nSPS) is 29.9. The summed E-state index contributed by atoms with van der Waals surface area (Å²) in [6.45, 7) is 3.25. The Balaban J connectivity index is 1.88. The molecule has 0 N–H and O–H groups in total. The fourth-order valence-electron chi connectivity index (χ4n) is 2.15. The molecule has 2 fully saturated rings. The van der Waals surface area contributed by atoms with E-state index >= 15 is 0 Å². The fourth-order valence-corrected chi connectivity index (χ4v) is 2.15. The zero-order chi connectivity index (χ0) is 8.55. The summed E-state index contributed by atoms with van der Waals surface area (Å²) in [6.07, 6.45) is 5.78. The number of hydrogen-bond donors (Lipinski definition) is 0. The van der Waals surface area contributed by atoms with E-state index in [1.54, 1.807) is 0 Å². The lowest BCUT2D eigenvalue weighted by Crippen LogP contribution is -2.27. The highest BCUT2D eigenvalue weighted by Crippen LogP contribution is 2.33. The van der Waals surface area contributed by atoms with Gasteiger partial charge in [0.15, 0.2) is 0 Å². The fraction of sp³-hybridized carbons (Fsp3) is 0.900. The van der Waals surface area contributed by atoms with Crippen LogP contribution >= 0.6 is 0 Å². The Kier molecular flexibility index (Phi) is 2.07. The standard InChI is InChI=1S/C10H17NO/c1-2-3-8-6-10(12)11(7-8)9-4-5-9/h8-9H,2-7H2,1H3. The minimum absolute atomic E-state index is 0.413. The third-order valence-corrected chi connectivity index (χ3v) is 2.92. The first kappa shape index (κ1) is 8.09. The van der Waals surface area contributed by atoms with Crippen molar-refractivity contribution in [3.8, 4) is 0 Å². The van der Waals surface area contributed by atoms with Gasteiger partial charge in [0, 0.05) is 19.0 Å². The molecule has 68 valence electrons. The minimum Gasteiger partial charge on any atom is -0.339 e. The third kappa shape index (κ3) is 1.47. The highest BCUT2D eigenvalue weighted by molar-refractivity contribution is 5.79. The van der Waals surface area contributed by atoms with Gasteiger partial charge >= 0.3 is 0 Å². The summed E-state index contributed by atoms with van der Waals surface area (Å²) in [5.74, 6) is 1.08. The number of rotatable bonds is 3. The van der Waals surface area contributed by atoms with E-state index in [2.05, 4.69) is 11.8 Å². The number of likely N-dealkylation sites (tertiary alicyclic amines) is 1. The van der Waals surface area contributed by atoms with Crippen molar-refractivity contribution in [1.29, 1.82) is 0 Å². The molecule has 1 aliphatic carbocycles. The molecule has 0 spiro atoms. The summed E-state index contributed by atoms with van der Waals surface area (Å²) in [6, 6.07) is 0.638. The van der Waals surface area contributed by atoms with Crippen molar-refractivity contribution in [3.63, 3.8) is 0 Å². The van der Waals surface area contributed by atoms with Gasteiger partial charge in [0.25, 0.3) is 0 Å². The van der Waals surface area contributed by atoms with Crippen LogP contribution in [0, 0.1) is 5.92 Å². The third-order valence-electron chi connectivity index (χ3n) is 2.92. The molecule has 0 aromatic rings. The van der Waals surface area contributed by atoms with Gasteiger partial charge in [-0.1, -0.05) is 13.3 Å². The number of carbonyl (C=O) groups excluding carboxylic acids is 1. The zero-order valence-corrected chi connectivity index (χ0v) is 7.75. The van der Waals surface area contributed by atoms with Gasteiger partial charge in [-0.25, -0.2) is 0 Å². The van der Waals surface area contributed by atoms with Gasteiger partial charge in [-0.3, -0.25) is 4.79 Å². The Labute approximate surface area is 73.9 Å². The van der Waals surface area contributed by atoms with E-state index in [4.69, 9.17) is 0 Å². The van der Waals surface area contributed by atoms with Crippen molar-refractivity contribution >= 4 is 5.91 Å². The molecule has 2 rings (SSSR count). The molecule has 1 saturated carbocycles. The molecule has 1 amide bonds. The first-order chi connectivity index (χ1) is 5.81. The van der Waals surface area contributed by atoms with Crippen LogP contribution < -0.4 is 0 Å². The van der Waals surface area contributed by atoms with Crippen molar-refractivity contribution in [2.24, 2.45) is 5.92 Å². The number of hydrogen-bond acceptors (Lipinski definition) is 1. The second kappa shape index (κ2) is 3.08. The van der Waals surface area contributed by atoms with Crippen LogP contribution in [0.4, 0.5) is 0 Å². The Morgan fingerprint density at radius 2 is 2.25 bits per heavy atom. The van der Waals surface area contributed by atoms with Gasteiger partial charge in [-0.15, -0.1) is 0 Å². The molecule has 2 nitrogen and oxygen atoms in total. The molecule has 1 atom stereocenters. The van der Waals surface area contributed by atoms with Crippen LogP contribution in [0.1, 0.15) is 39.0 Å². The van der Waals surface area contributed by atoms with Crippen molar-refractivity contribution in [2.75, 3.05) is 6.54 Å². The molecule has 1 heterocycles. The topological polar surface area (TPSA) is 20.3 Å². The summed E-state index contributed by atoms with van der Waals surface area (Å²) in [5.41, 5.74) is 0. The maximum absolute atomic E-state index is 11.5. The Morgan fingerprint density at radius 3 is 2.83 bits per heavy atom. The largest absolute Gasteiger partial charge is 0.339 e. The van der Waals surface area contributed by atoms with Crippen LogP contribution in [-0.2, 0) is 4.79 Å². The van der Waals surface area contributed by atoms with Crippen molar-refractivity contribution < 1.29 is 4.79 Å². The lowest BCUT2D eigenvalue weighted by molar-refractivity contribution is -0.128. The highest BCUT2D eigenvalue weighted by Gasteiger charge is 2.38. The van der Waals surface area contributed by atoms with Crippen LogP contribution in [-0.4, -0.2) is 23.4 Å². The second-order valence-corrected chi connectivity index (χ2v) is 4.14. The summed E-state index contributed by atoms with van der Waals surface area (Å²) >= 11 is 0. The van der Waals surface area contributed by atoms with Gasteiger partial charge in [0.2, 0.25) is 5.91 Å². The van der Waals surface area contributed by atoms with Gasteiger partial charge in [0.1, 0.15) is 0 Å². The SMILES string of the molecule is CCCC1CC(=O)N(C2CC2)C1. The van der Waals surface area contributed by atoms with Crippen LogP contribution in [0.25, 0.3) is 0 Å². The van der Waals surface area contributed by atoms with E-state index in [9.17, 15) is 4.79 Å². The molecule has 0 radical (unpaired) electrons. The molecule has 1 aliphatic heterocycles. The molecule has 2 aliphatic rings. The lowest BCUT2D eigenvalue weighted by atomic mass is 10.0. The molecule has 12 heavy (non-hydrogen) atoms. The summed E-state index contributed by atoms with van der Waals surface area (Å²) < 4.78 is 0. The Bertz CT molecular complexity index is 186. The monoisotopic (exact) mass is 167 g/mol. The summed E-state index contributed by atoms with van der Waals surface area (Å²) in [7, 11) is 0. The highest BCUT2D eigenvalue weighted by atomic mass is 16.2. The lowest BCUT2D eigenvalue weighted by Gasteiger charge is -2.14. The summed E-state index contributed by atoms with van der Waals surface area (Å²) in [4.78, 5) is 13.6. The predicted octanol–water partition coefficient (Wildman–Crippen LogP) is 1.80. The first-order valence-corrected chi connectivity index (χ1v) is 5.10. The molecule has 1 saturated heterocycles. The van der Waals surface area contributed by atoms with E-state index in [1.807, 2.05) is 0 Å². The van der Waals surface area contributed by atoms with Crippen molar-refractivity contribution in [2.45, 2.75) is 45.1 Å². The Hall–Kier alpha value is -0.530. The average molecular weight is 167 g/mol. The first-order valence-electron chi connectivity index (χ1n) is 5.10. The number of carbonyl (C=O) groups is 1. The number of nitrogens with zero attached hydrogens (tertiary/aromatic N) is 1. The van der Waals surface area contributed by atoms with E-state index < -0.39 is 0 Å². The van der Waals surface area contributed by atoms with E-state index in [0.29, 0.717) is 17.9 Å². The average Bonchev–Trinajstić information content (AvgIpc) is 2.79. The molecule has 0 bridgehead atoms. The van der Waals surface area contributed by atoms with Crippen LogP contribution in [0.2, 0.25) is 0 Å². The van der Waals surface area contributed by atoms with Crippen molar-refractivity contribution in [1.82, 2.24) is 4.90 Å². The molecular weight excluding hydrogens is 150 g/mol. The van der Waals surface area contributed by atoms with Crippen LogP contribution in [0.3, 0.4) is 0 Å². The molecule has 2 heteroatoms. The summed E-state index contributed by atoms with van der Waals surface area (Å²) in [5, 5.41) is 0. The maximum atomic E-state index is 11.5. The predicted molar refractivity (Wildman–Crippen MR) is 47.8 cm³/mol. The van der Waals surface area contributed by atoms with Gasteiger partial charge < -0.3 is 4.90 Å².